The lowest BCUT2D eigenvalue weighted by Gasteiger charge is -2.18. The van der Waals surface area contributed by atoms with E-state index in [2.05, 4.69) is 18.2 Å². The number of hydrogen-bond donors (Lipinski definition) is 0. The van der Waals surface area contributed by atoms with Crippen molar-refractivity contribution in [3.8, 4) is 6.07 Å². The lowest BCUT2D eigenvalue weighted by Crippen LogP contribution is -2.03. The van der Waals surface area contributed by atoms with Gasteiger partial charge in [-0.2, -0.15) is 5.26 Å². The van der Waals surface area contributed by atoms with Crippen molar-refractivity contribution in [2.75, 3.05) is 0 Å². The Balaban J connectivity index is 2.28. The molecule has 0 saturated heterocycles. The van der Waals surface area contributed by atoms with E-state index in [1.165, 1.54) is 18.6 Å². The minimum absolute atomic E-state index is 0.178. The highest BCUT2D eigenvalue weighted by Crippen LogP contribution is 2.30. The number of nitriles is 1. The summed E-state index contributed by atoms with van der Waals surface area (Å²) in [5.74, 6) is 0.0443. The van der Waals surface area contributed by atoms with Gasteiger partial charge in [0.1, 0.15) is 5.82 Å². The van der Waals surface area contributed by atoms with Crippen LogP contribution in [0.5, 0.6) is 0 Å². The number of rotatable bonds is 1. The molecule has 0 spiro atoms. The number of nitrogens with zero attached hydrogens (tertiary/aromatic N) is 1. The number of halogens is 1. The number of benzene rings is 1. The first kappa shape index (κ1) is 11.9. The van der Waals surface area contributed by atoms with Crippen LogP contribution in [0.15, 0.2) is 30.4 Å². The third kappa shape index (κ3) is 2.94. The van der Waals surface area contributed by atoms with Crippen molar-refractivity contribution in [2.24, 2.45) is 0 Å². The molecule has 0 aromatic heterocycles. The molecule has 1 aliphatic rings. The Kier molecular flexibility index (Phi) is 3.93. The maximum Gasteiger partial charge on any atom is 0.126 e. The molecule has 88 valence electrons. The molecule has 1 atom stereocenters. The van der Waals surface area contributed by atoms with Crippen LogP contribution in [-0.2, 0) is 0 Å². The molecule has 0 radical (unpaired) electrons. The van der Waals surface area contributed by atoms with Gasteiger partial charge in [-0.15, -0.1) is 0 Å². The Morgan fingerprint density at radius 3 is 2.94 bits per heavy atom. The maximum atomic E-state index is 13.8. The molecule has 0 fully saturated rings. The normalized spacial score (nSPS) is 22.2. The molecular formula is C15H16FN. The molecule has 0 amide bonds. The van der Waals surface area contributed by atoms with Crippen LogP contribution in [0.3, 0.4) is 0 Å². The largest absolute Gasteiger partial charge is 0.207 e. The Labute approximate surface area is 102 Å². The van der Waals surface area contributed by atoms with Crippen molar-refractivity contribution in [1.29, 1.82) is 5.26 Å². The fourth-order valence-electron chi connectivity index (χ4n) is 2.36. The molecule has 0 bridgehead atoms. The lowest BCUT2D eigenvalue weighted by atomic mass is 9.87. The summed E-state index contributed by atoms with van der Waals surface area (Å²) >= 11 is 0. The van der Waals surface area contributed by atoms with Gasteiger partial charge in [0.15, 0.2) is 0 Å². The van der Waals surface area contributed by atoms with Crippen molar-refractivity contribution in [2.45, 2.75) is 38.0 Å². The summed E-state index contributed by atoms with van der Waals surface area (Å²) in [5.41, 5.74) is 1.25. The highest BCUT2D eigenvalue weighted by Gasteiger charge is 2.16. The first-order valence-electron chi connectivity index (χ1n) is 6.16. The molecule has 2 heteroatoms. The molecule has 1 aliphatic carbocycles. The van der Waals surface area contributed by atoms with E-state index in [0.29, 0.717) is 11.1 Å². The average Bonchev–Trinajstić information content (AvgIpc) is 2.30. The van der Waals surface area contributed by atoms with E-state index in [1.54, 1.807) is 6.07 Å². The van der Waals surface area contributed by atoms with E-state index in [4.69, 9.17) is 5.26 Å². The molecule has 1 aromatic carbocycles. The first-order chi connectivity index (χ1) is 8.31. The van der Waals surface area contributed by atoms with E-state index in [1.807, 2.05) is 0 Å². The zero-order chi connectivity index (χ0) is 12.1. The third-order valence-corrected chi connectivity index (χ3v) is 3.33. The summed E-state index contributed by atoms with van der Waals surface area (Å²) in [7, 11) is 0. The minimum Gasteiger partial charge on any atom is -0.207 e. The second-order valence-corrected chi connectivity index (χ2v) is 4.54. The van der Waals surface area contributed by atoms with Crippen molar-refractivity contribution in [3.05, 3.63) is 47.3 Å². The van der Waals surface area contributed by atoms with E-state index in [-0.39, 0.29) is 11.7 Å². The fraction of sp³-hybridized carbons (Fsp3) is 0.400. The van der Waals surface area contributed by atoms with E-state index in [0.717, 1.165) is 25.7 Å². The van der Waals surface area contributed by atoms with Gasteiger partial charge in [0.25, 0.3) is 0 Å². The van der Waals surface area contributed by atoms with Crippen LogP contribution in [0, 0.1) is 17.1 Å². The monoisotopic (exact) mass is 229 g/mol. The highest BCUT2D eigenvalue weighted by atomic mass is 19.1. The van der Waals surface area contributed by atoms with Crippen molar-refractivity contribution in [3.63, 3.8) is 0 Å². The smallest absolute Gasteiger partial charge is 0.126 e. The Hall–Kier alpha value is -1.62. The third-order valence-electron chi connectivity index (χ3n) is 3.33. The summed E-state index contributed by atoms with van der Waals surface area (Å²) in [6, 6.07) is 6.73. The van der Waals surface area contributed by atoms with E-state index in [9.17, 15) is 4.39 Å². The lowest BCUT2D eigenvalue weighted by molar-refractivity contribution is 0.527. The van der Waals surface area contributed by atoms with Crippen LogP contribution >= 0.6 is 0 Å². The minimum atomic E-state index is -0.178. The van der Waals surface area contributed by atoms with Crippen LogP contribution in [0.2, 0.25) is 0 Å². The molecule has 0 aliphatic heterocycles. The molecule has 2 rings (SSSR count). The maximum absolute atomic E-state index is 13.8. The number of allylic oxidation sites excluding steroid dienone is 2. The van der Waals surface area contributed by atoms with Crippen molar-refractivity contribution >= 4 is 0 Å². The summed E-state index contributed by atoms with van der Waals surface area (Å²) in [4.78, 5) is 0. The van der Waals surface area contributed by atoms with Crippen LogP contribution < -0.4 is 0 Å². The van der Waals surface area contributed by atoms with Gasteiger partial charge >= 0.3 is 0 Å². The topological polar surface area (TPSA) is 23.8 Å². The van der Waals surface area contributed by atoms with Gasteiger partial charge in [-0.3, -0.25) is 0 Å². The Morgan fingerprint density at radius 1 is 1.24 bits per heavy atom. The van der Waals surface area contributed by atoms with Gasteiger partial charge < -0.3 is 0 Å². The van der Waals surface area contributed by atoms with Gasteiger partial charge in [-0.25, -0.2) is 4.39 Å². The molecule has 0 saturated carbocycles. The van der Waals surface area contributed by atoms with Gasteiger partial charge in [0.2, 0.25) is 0 Å². The SMILES string of the molecule is N#Cc1ccc(F)c(C2C/C=C\CCCC2)c1. The molecule has 1 nitrogen and oxygen atoms in total. The van der Waals surface area contributed by atoms with Crippen LogP contribution in [-0.4, -0.2) is 0 Å². The second-order valence-electron chi connectivity index (χ2n) is 4.54. The second kappa shape index (κ2) is 5.63. The first-order valence-corrected chi connectivity index (χ1v) is 6.16. The Morgan fingerprint density at radius 2 is 2.12 bits per heavy atom. The zero-order valence-corrected chi connectivity index (χ0v) is 9.82. The summed E-state index contributed by atoms with van der Waals surface area (Å²) in [6.45, 7) is 0. The molecule has 1 aromatic rings. The molecule has 17 heavy (non-hydrogen) atoms. The number of hydrogen-bond acceptors (Lipinski definition) is 1. The summed E-state index contributed by atoms with van der Waals surface area (Å²) < 4.78 is 13.8. The van der Waals surface area contributed by atoms with Gasteiger partial charge in [-0.05, 0) is 55.4 Å². The van der Waals surface area contributed by atoms with Gasteiger partial charge in [0, 0.05) is 0 Å². The van der Waals surface area contributed by atoms with Crippen LogP contribution in [0.4, 0.5) is 4.39 Å². The molecule has 0 N–H and O–H groups in total. The van der Waals surface area contributed by atoms with Gasteiger partial charge in [0.05, 0.1) is 11.6 Å². The fourth-order valence-corrected chi connectivity index (χ4v) is 2.36. The molecule has 0 heterocycles. The van der Waals surface area contributed by atoms with E-state index >= 15 is 0 Å². The summed E-state index contributed by atoms with van der Waals surface area (Å²) in [5, 5.41) is 8.87. The molecule has 1 unspecified atom stereocenters. The molecular weight excluding hydrogens is 213 g/mol. The van der Waals surface area contributed by atoms with Crippen molar-refractivity contribution in [1.82, 2.24) is 0 Å². The predicted octanol–water partition coefficient (Wildman–Crippen LogP) is 4.30. The zero-order valence-electron chi connectivity index (χ0n) is 9.82. The standard InChI is InChI=1S/C15H16FN/c16-15-9-8-12(11-17)10-14(15)13-6-4-2-1-3-5-7-13/h2,4,8-10,13H,1,3,5-7H2/b4-2-. The highest BCUT2D eigenvalue weighted by molar-refractivity contribution is 5.35. The van der Waals surface area contributed by atoms with Gasteiger partial charge in [-0.1, -0.05) is 18.6 Å². The van der Waals surface area contributed by atoms with Crippen molar-refractivity contribution < 1.29 is 4.39 Å². The summed E-state index contributed by atoms with van der Waals surface area (Å²) in [6.07, 6.45) is 9.65. The quantitative estimate of drug-likeness (QED) is 0.658. The van der Waals surface area contributed by atoms with E-state index < -0.39 is 0 Å². The van der Waals surface area contributed by atoms with Crippen LogP contribution in [0.1, 0.15) is 49.1 Å². The Bertz CT molecular complexity index is 456. The predicted molar refractivity (Wildman–Crippen MR) is 66.1 cm³/mol. The van der Waals surface area contributed by atoms with Crippen LogP contribution in [0.25, 0.3) is 0 Å². The average molecular weight is 229 g/mol.